The number of carbonyl (C=O) groups is 4. The first kappa shape index (κ1) is 22.6. The molecule has 28 heavy (non-hydrogen) atoms. The second-order valence-electron chi connectivity index (χ2n) is 6.31. The predicted molar refractivity (Wildman–Crippen MR) is 99.0 cm³/mol. The van der Waals surface area contributed by atoms with Gasteiger partial charge in [-0.1, -0.05) is 13.8 Å². The highest BCUT2D eigenvalue weighted by molar-refractivity contribution is 5.94. The number of esters is 2. The molecule has 1 aromatic rings. The molecule has 0 saturated carbocycles. The summed E-state index contributed by atoms with van der Waals surface area (Å²) in [6.45, 7) is 3.24. The molecule has 1 rings (SSSR count). The summed E-state index contributed by atoms with van der Waals surface area (Å²) >= 11 is 0. The van der Waals surface area contributed by atoms with Crippen LogP contribution in [0.15, 0.2) is 24.3 Å². The van der Waals surface area contributed by atoms with Crippen LogP contribution < -0.4 is 10.6 Å². The van der Waals surface area contributed by atoms with E-state index in [0.717, 1.165) is 0 Å². The predicted octanol–water partition coefficient (Wildman–Crippen LogP) is 1.40. The Morgan fingerprint density at radius 1 is 1.11 bits per heavy atom. The van der Waals surface area contributed by atoms with E-state index in [1.807, 2.05) is 13.8 Å². The lowest BCUT2D eigenvalue weighted by atomic mass is 10.0. The number of hydrogen-bond donors (Lipinski definition) is 2. The zero-order chi connectivity index (χ0) is 21.1. The van der Waals surface area contributed by atoms with Crippen LogP contribution in [0.1, 0.15) is 37.0 Å². The maximum absolute atomic E-state index is 12.0. The van der Waals surface area contributed by atoms with Crippen LogP contribution in [-0.4, -0.2) is 43.5 Å². The molecule has 0 aliphatic rings. The van der Waals surface area contributed by atoms with Gasteiger partial charge in [0.05, 0.1) is 18.7 Å². The monoisotopic (exact) mass is 389 g/mol. The second kappa shape index (κ2) is 11.3. The fourth-order valence-corrected chi connectivity index (χ4v) is 2.24. The van der Waals surface area contributed by atoms with Gasteiger partial charge in [0.15, 0.2) is 6.61 Å². The Kier molecular flexibility index (Phi) is 9.16. The molecule has 0 unspecified atom stereocenters. The van der Waals surface area contributed by atoms with E-state index in [0.29, 0.717) is 12.1 Å². The Bertz CT molecular complexity index is 752. The van der Waals surface area contributed by atoms with Crippen LogP contribution in [-0.2, 0) is 23.9 Å². The standard InChI is InChI=1S/C19H23N3O6/c1-12(2)10-15(19(26)27-3)22-17(24)11-28-18(25)13-4-6-14(7-5-13)21-16(23)8-9-20/h4-7,12,15H,8,10-11H2,1-3H3,(H,21,23)(H,22,24)/t15-/m0/s1. The quantitative estimate of drug-likeness (QED) is 0.610. The average Bonchev–Trinajstić information content (AvgIpc) is 2.65. The second-order valence-corrected chi connectivity index (χ2v) is 6.31. The number of hydrogen-bond acceptors (Lipinski definition) is 7. The number of nitrogens with one attached hydrogen (secondary N) is 2. The number of ether oxygens (including phenoxy) is 2. The van der Waals surface area contributed by atoms with E-state index in [-0.39, 0.29) is 17.9 Å². The fraction of sp³-hybridized carbons (Fsp3) is 0.421. The molecule has 9 nitrogen and oxygen atoms in total. The molecular formula is C19H23N3O6. The molecule has 1 aromatic carbocycles. The van der Waals surface area contributed by atoms with Crippen LogP contribution >= 0.6 is 0 Å². The zero-order valence-corrected chi connectivity index (χ0v) is 16.0. The number of benzene rings is 1. The van der Waals surface area contributed by atoms with Crippen molar-refractivity contribution in [2.75, 3.05) is 19.0 Å². The van der Waals surface area contributed by atoms with Gasteiger partial charge in [-0.3, -0.25) is 9.59 Å². The van der Waals surface area contributed by atoms with Crippen LogP contribution in [0.25, 0.3) is 0 Å². The number of rotatable bonds is 9. The smallest absolute Gasteiger partial charge is 0.338 e. The molecule has 0 aliphatic heterocycles. The lowest BCUT2D eigenvalue weighted by Gasteiger charge is -2.18. The molecule has 9 heteroatoms. The van der Waals surface area contributed by atoms with E-state index in [1.54, 1.807) is 6.07 Å². The highest BCUT2D eigenvalue weighted by Crippen LogP contribution is 2.11. The van der Waals surface area contributed by atoms with Gasteiger partial charge in [-0.15, -0.1) is 0 Å². The van der Waals surface area contributed by atoms with Gasteiger partial charge in [-0.05, 0) is 36.6 Å². The molecule has 2 amide bonds. The largest absolute Gasteiger partial charge is 0.467 e. The van der Waals surface area contributed by atoms with E-state index in [4.69, 9.17) is 10.00 Å². The lowest BCUT2D eigenvalue weighted by molar-refractivity contribution is -0.145. The molecule has 1 atom stereocenters. The van der Waals surface area contributed by atoms with Crippen molar-refractivity contribution < 1.29 is 28.7 Å². The Hall–Kier alpha value is -3.41. The fourth-order valence-electron chi connectivity index (χ4n) is 2.24. The van der Waals surface area contributed by atoms with Crippen molar-refractivity contribution >= 4 is 29.4 Å². The van der Waals surface area contributed by atoms with Crippen molar-refractivity contribution in [1.82, 2.24) is 5.32 Å². The number of amides is 2. The highest BCUT2D eigenvalue weighted by Gasteiger charge is 2.23. The first-order chi connectivity index (χ1) is 13.3. The van der Waals surface area contributed by atoms with Crippen molar-refractivity contribution in [2.24, 2.45) is 5.92 Å². The van der Waals surface area contributed by atoms with Gasteiger partial charge in [0, 0.05) is 5.69 Å². The van der Waals surface area contributed by atoms with Gasteiger partial charge < -0.3 is 20.1 Å². The van der Waals surface area contributed by atoms with E-state index in [9.17, 15) is 19.2 Å². The van der Waals surface area contributed by atoms with Crippen LogP contribution in [0.4, 0.5) is 5.69 Å². The summed E-state index contributed by atoms with van der Waals surface area (Å²) in [5.74, 6) is -2.23. The van der Waals surface area contributed by atoms with Gasteiger partial charge in [0.2, 0.25) is 5.91 Å². The first-order valence-electron chi connectivity index (χ1n) is 8.58. The summed E-state index contributed by atoms with van der Waals surface area (Å²) < 4.78 is 9.59. The molecule has 0 saturated heterocycles. The van der Waals surface area contributed by atoms with Crippen LogP contribution in [0, 0.1) is 17.2 Å². The summed E-state index contributed by atoms with van der Waals surface area (Å²) in [5, 5.41) is 13.4. The van der Waals surface area contributed by atoms with Gasteiger partial charge in [-0.25, -0.2) is 9.59 Å². The van der Waals surface area contributed by atoms with Gasteiger partial charge in [-0.2, -0.15) is 5.26 Å². The minimum atomic E-state index is -0.812. The Labute approximate surface area is 163 Å². The third-order valence-corrected chi connectivity index (χ3v) is 3.51. The Morgan fingerprint density at radius 3 is 2.29 bits per heavy atom. The van der Waals surface area contributed by atoms with E-state index >= 15 is 0 Å². The van der Waals surface area contributed by atoms with Crippen molar-refractivity contribution in [3.8, 4) is 6.07 Å². The van der Waals surface area contributed by atoms with Crippen molar-refractivity contribution in [2.45, 2.75) is 32.7 Å². The van der Waals surface area contributed by atoms with E-state index in [1.165, 1.54) is 31.4 Å². The molecular weight excluding hydrogens is 366 g/mol. The molecule has 0 bridgehead atoms. The maximum Gasteiger partial charge on any atom is 0.338 e. The van der Waals surface area contributed by atoms with Gasteiger partial charge in [0.1, 0.15) is 12.5 Å². The average molecular weight is 389 g/mol. The Balaban J connectivity index is 2.56. The summed E-state index contributed by atoms with van der Waals surface area (Å²) in [6, 6.07) is 6.69. The molecule has 0 fully saturated rings. The van der Waals surface area contributed by atoms with Crippen molar-refractivity contribution in [3.05, 3.63) is 29.8 Å². The first-order valence-corrected chi connectivity index (χ1v) is 8.58. The number of methoxy groups -OCH3 is 1. The van der Waals surface area contributed by atoms with Gasteiger partial charge in [0.25, 0.3) is 5.91 Å². The minimum absolute atomic E-state index is 0.152. The van der Waals surface area contributed by atoms with E-state index in [2.05, 4.69) is 15.4 Å². The zero-order valence-electron chi connectivity index (χ0n) is 16.0. The maximum atomic E-state index is 12.0. The van der Waals surface area contributed by atoms with Crippen LogP contribution in [0.3, 0.4) is 0 Å². The summed E-state index contributed by atoms with van der Waals surface area (Å²) in [5.41, 5.74) is 0.599. The van der Waals surface area contributed by atoms with Crippen LogP contribution in [0.5, 0.6) is 0 Å². The highest BCUT2D eigenvalue weighted by atomic mass is 16.5. The molecule has 0 spiro atoms. The normalized spacial score (nSPS) is 11.1. The third kappa shape index (κ3) is 7.86. The molecule has 2 N–H and O–H groups in total. The number of nitriles is 1. The van der Waals surface area contributed by atoms with Crippen molar-refractivity contribution in [1.29, 1.82) is 5.26 Å². The lowest BCUT2D eigenvalue weighted by Crippen LogP contribution is -2.44. The summed E-state index contributed by atoms with van der Waals surface area (Å²) in [4.78, 5) is 47.0. The topological polar surface area (TPSA) is 135 Å². The molecule has 150 valence electrons. The van der Waals surface area contributed by atoms with Crippen molar-refractivity contribution in [3.63, 3.8) is 0 Å². The van der Waals surface area contributed by atoms with Crippen LogP contribution in [0.2, 0.25) is 0 Å². The molecule has 0 heterocycles. The molecule has 0 aliphatic carbocycles. The summed E-state index contributed by atoms with van der Waals surface area (Å²) in [6.07, 6.45) is 0.119. The Morgan fingerprint density at radius 2 is 1.75 bits per heavy atom. The summed E-state index contributed by atoms with van der Waals surface area (Å²) in [7, 11) is 1.23. The third-order valence-electron chi connectivity index (χ3n) is 3.51. The number of carbonyl (C=O) groups excluding carboxylic acids is 4. The molecule has 0 radical (unpaired) electrons. The number of nitrogens with zero attached hydrogens (tertiary/aromatic N) is 1. The minimum Gasteiger partial charge on any atom is -0.467 e. The van der Waals surface area contributed by atoms with E-state index < -0.39 is 36.4 Å². The SMILES string of the molecule is COC(=O)[C@H](CC(C)C)NC(=O)COC(=O)c1ccc(NC(=O)CC#N)cc1. The number of anilines is 1. The molecule has 0 aromatic heterocycles. The van der Waals surface area contributed by atoms with Gasteiger partial charge >= 0.3 is 11.9 Å².